The van der Waals surface area contributed by atoms with Gasteiger partial charge in [-0.3, -0.25) is 0 Å². The molecule has 0 spiro atoms. The third-order valence-electron chi connectivity index (χ3n) is 6.08. The van der Waals surface area contributed by atoms with Crippen LogP contribution in [0.2, 0.25) is 0 Å². The van der Waals surface area contributed by atoms with E-state index in [2.05, 4.69) is 24.5 Å². The molecular formula is C28H27N3O2. The number of carbonyl (C=O) groups is 1. The number of hydrogen-bond acceptors (Lipinski definition) is 3. The van der Waals surface area contributed by atoms with Crippen LogP contribution in [0, 0.1) is 11.3 Å². The summed E-state index contributed by atoms with van der Waals surface area (Å²) < 4.78 is 2.08. The number of fused-ring (bicyclic) bond motifs is 1. The lowest BCUT2D eigenvalue weighted by atomic mass is 9.99. The highest BCUT2D eigenvalue weighted by Crippen LogP contribution is 2.28. The zero-order valence-corrected chi connectivity index (χ0v) is 19.0. The summed E-state index contributed by atoms with van der Waals surface area (Å²) in [7, 11) is 0. The second kappa shape index (κ2) is 9.70. The fourth-order valence-electron chi connectivity index (χ4n) is 4.30. The predicted octanol–water partition coefficient (Wildman–Crippen LogP) is 6.23. The first-order valence-corrected chi connectivity index (χ1v) is 11.4. The number of aromatic carboxylic acids is 1. The molecule has 5 heteroatoms. The third-order valence-corrected chi connectivity index (χ3v) is 6.08. The standard InChI is InChI=1S/C28H27N3O2/c1-3-5-10-25-30-26-20(4-2)15-16-24(28(32)33)27(26)31(25)18-19-11-13-21(14-12-19)23-9-7-6-8-22(23)17-29/h6-9,11-16H,3-5,10,18H2,1-2H3,(H,32,33). The molecule has 1 heterocycles. The zero-order chi connectivity index (χ0) is 23.4. The number of carboxylic acid groups (broad SMARTS) is 1. The van der Waals surface area contributed by atoms with Gasteiger partial charge in [0.15, 0.2) is 0 Å². The van der Waals surface area contributed by atoms with Gasteiger partial charge in [-0.1, -0.05) is 68.8 Å². The lowest BCUT2D eigenvalue weighted by Crippen LogP contribution is -2.09. The molecule has 0 unspecified atom stereocenters. The van der Waals surface area contributed by atoms with Crippen molar-refractivity contribution >= 4 is 17.0 Å². The third kappa shape index (κ3) is 4.38. The fourth-order valence-corrected chi connectivity index (χ4v) is 4.30. The van der Waals surface area contributed by atoms with E-state index >= 15 is 0 Å². The predicted molar refractivity (Wildman–Crippen MR) is 130 cm³/mol. The Morgan fingerprint density at radius 3 is 2.48 bits per heavy atom. The lowest BCUT2D eigenvalue weighted by Gasteiger charge is -2.12. The molecule has 4 rings (SSSR count). The van der Waals surface area contributed by atoms with Gasteiger partial charge in [-0.15, -0.1) is 0 Å². The topological polar surface area (TPSA) is 78.9 Å². The van der Waals surface area contributed by atoms with Crippen molar-refractivity contribution in [2.45, 2.75) is 46.1 Å². The second-order valence-electron chi connectivity index (χ2n) is 8.20. The van der Waals surface area contributed by atoms with Crippen molar-refractivity contribution < 1.29 is 9.90 Å². The van der Waals surface area contributed by atoms with Crippen LogP contribution in [0.4, 0.5) is 0 Å². The summed E-state index contributed by atoms with van der Waals surface area (Å²) in [5, 5.41) is 19.3. The van der Waals surface area contributed by atoms with Gasteiger partial charge in [-0.2, -0.15) is 5.26 Å². The second-order valence-corrected chi connectivity index (χ2v) is 8.20. The molecule has 1 aromatic heterocycles. The maximum Gasteiger partial charge on any atom is 0.337 e. The Bertz CT molecular complexity index is 1340. The van der Waals surface area contributed by atoms with E-state index in [9.17, 15) is 15.2 Å². The zero-order valence-electron chi connectivity index (χ0n) is 19.0. The average Bonchev–Trinajstić information content (AvgIpc) is 3.20. The highest BCUT2D eigenvalue weighted by atomic mass is 16.4. The molecule has 0 fully saturated rings. The summed E-state index contributed by atoms with van der Waals surface area (Å²) in [5.74, 6) is -0.0107. The highest BCUT2D eigenvalue weighted by Gasteiger charge is 2.20. The number of aryl methyl sites for hydroxylation is 2. The summed E-state index contributed by atoms with van der Waals surface area (Å²) in [6.45, 7) is 4.76. The Morgan fingerprint density at radius 1 is 1.06 bits per heavy atom. The minimum Gasteiger partial charge on any atom is -0.478 e. The van der Waals surface area contributed by atoms with Crippen molar-refractivity contribution in [3.63, 3.8) is 0 Å². The van der Waals surface area contributed by atoms with E-state index in [1.807, 2.05) is 54.6 Å². The van der Waals surface area contributed by atoms with E-state index in [-0.39, 0.29) is 5.56 Å². The number of hydrogen-bond donors (Lipinski definition) is 1. The van der Waals surface area contributed by atoms with E-state index in [0.717, 1.165) is 59.3 Å². The molecule has 0 atom stereocenters. The van der Waals surface area contributed by atoms with Crippen molar-refractivity contribution in [1.82, 2.24) is 9.55 Å². The van der Waals surface area contributed by atoms with Crippen molar-refractivity contribution in [2.24, 2.45) is 0 Å². The molecule has 0 radical (unpaired) electrons. The molecule has 0 aliphatic carbocycles. The van der Waals surface area contributed by atoms with E-state index in [4.69, 9.17) is 4.98 Å². The maximum absolute atomic E-state index is 12.0. The van der Waals surface area contributed by atoms with Gasteiger partial charge >= 0.3 is 5.97 Å². The first kappa shape index (κ1) is 22.3. The number of unbranched alkanes of at least 4 members (excludes halogenated alkanes) is 1. The monoisotopic (exact) mass is 437 g/mol. The minimum absolute atomic E-state index is 0.289. The number of aromatic nitrogens is 2. The first-order chi connectivity index (χ1) is 16.1. The Balaban J connectivity index is 1.79. The van der Waals surface area contributed by atoms with Crippen molar-refractivity contribution in [1.29, 1.82) is 5.26 Å². The van der Waals surface area contributed by atoms with Crippen LogP contribution >= 0.6 is 0 Å². The molecule has 5 nitrogen and oxygen atoms in total. The molecule has 3 aromatic carbocycles. The normalized spacial score (nSPS) is 10.9. The molecule has 0 amide bonds. The van der Waals surface area contributed by atoms with Crippen molar-refractivity contribution in [2.75, 3.05) is 0 Å². The van der Waals surface area contributed by atoms with Crippen LogP contribution in [0.25, 0.3) is 22.2 Å². The Morgan fingerprint density at radius 2 is 1.82 bits per heavy atom. The molecule has 0 aliphatic rings. The molecule has 0 aliphatic heterocycles. The number of rotatable bonds is 8. The summed E-state index contributed by atoms with van der Waals surface area (Å²) in [4.78, 5) is 16.9. The van der Waals surface area contributed by atoms with Crippen LogP contribution in [0.5, 0.6) is 0 Å². The average molecular weight is 438 g/mol. The van der Waals surface area contributed by atoms with Gasteiger partial charge in [0.05, 0.1) is 28.2 Å². The number of imidazole rings is 1. The number of nitriles is 1. The van der Waals surface area contributed by atoms with Gasteiger partial charge in [-0.25, -0.2) is 9.78 Å². The van der Waals surface area contributed by atoms with Crippen LogP contribution in [-0.2, 0) is 19.4 Å². The SMILES string of the molecule is CCCCc1nc2c(CC)ccc(C(=O)O)c2n1Cc1ccc(-c2ccccc2C#N)cc1. The number of carboxylic acids is 1. The first-order valence-electron chi connectivity index (χ1n) is 11.4. The Hall–Kier alpha value is -3.91. The summed E-state index contributed by atoms with van der Waals surface area (Å²) in [6.07, 6.45) is 3.65. The molecule has 33 heavy (non-hydrogen) atoms. The highest BCUT2D eigenvalue weighted by molar-refractivity contribution is 6.02. The van der Waals surface area contributed by atoms with Gasteiger partial charge in [-0.05, 0) is 47.2 Å². The van der Waals surface area contributed by atoms with Gasteiger partial charge in [0.25, 0.3) is 0 Å². The van der Waals surface area contributed by atoms with Crippen molar-refractivity contribution in [3.8, 4) is 17.2 Å². The maximum atomic E-state index is 12.0. The minimum atomic E-state index is -0.936. The molecule has 4 aromatic rings. The van der Waals surface area contributed by atoms with E-state index in [0.29, 0.717) is 17.6 Å². The van der Waals surface area contributed by atoms with Gasteiger partial charge in [0.2, 0.25) is 0 Å². The quantitative estimate of drug-likeness (QED) is 0.354. The van der Waals surface area contributed by atoms with Crippen LogP contribution in [0.15, 0.2) is 60.7 Å². The van der Waals surface area contributed by atoms with E-state index in [1.165, 1.54) is 0 Å². The lowest BCUT2D eigenvalue weighted by molar-refractivity contribution is 0.0698. The molecule has 0 bridgehead atoms. The van der Waals surface area contributed by atoms with Crippen LogP contribution in [0.1, 0.15) is 59.6 Å². The van der Waals surface area contributed by atoms with Gasteiger partial charge in [0.1, 0.15) is 5.82 Å². The number of nitrogens with zero attached hydrogens (tertiary/aromatic N) is 3. The molecular weight excluding hydrogens is 410 g/mol. The molecule has 1 N–H and O–H groups in total. The summed E-state index contributed by atoms with van der Waals surface area (Å²) in [6, 6.07) is 21.5. The van der Waals surface area contributed by atoms with Crippen LogP contribution in [0.3, 0.4) is 0 Å². The summed E-state index contributed by atoms with van der Waals surface area (Å²) in [5.41, 5.74) is 6.44. The summed E-state index contributed by atoms with van der Waals surface area (Å²) >= 11 is 0. The van der Waals surface area contributed by atoms with Crippen LogP contribution < -0.4 is 0 Å². The van der Waals surface area contributed by atoms with Crippen molar-refractivity contribution in [3.05, 3.63) is 88.7 Å². The fraction of sp³-hybridized carbons (Fsp3) is 0.250. The molecule has 0 saturated heterocycles. The Labute approximate surface area is 193 Å². The van der Waals surface area contributed by atoms with E-state index in [1.54, 1.807) is 6.07 Å². The number of benzene rings is 3. The van der Waals surface area contributed by atoms with E-state index < -0.39 is 5.97 Å². The Kier molecular flexibility index (Phi) is 6.55. The van der Waals surface area contributed by atoms with Crippen LogP contribution in [-0.4, -0.2) is 20.6 Å². The largest absolute Gasteiger partial charge is 0.478 e. The molecule has 0 saturated carbocycles. The van der Waals surface area contributed by atoms with Gasteiger partial charge < -0.3 is 9.67 Å². The molecule has 166 valence electrons. The smallest absolute Gasteiger partial charge is 0.337 e. The van der Waals surface area contributed by atoms with Gasteiger partial charge in [0, 0.05) is 13.0 Å².